The molecule has 2 fully saturated rings. The Balaban J connectivity index is 1.12. The van der Waals surface area contributed by atoms with E-state index in [9.17, 15) is 10.1 Å². The van der Waals surface area contributed by atoms with Gasteiger partial charge in [-0.25, -0.2) is 9.97 Å². The first kappa shape index (κ1) is 23.9. The first-order valence-corrected chi connectivity index (χ1v) is 12.9. The standard InChI is InChI=1S/C26H24Cl2N8O/c27-19-9-17(10-20(28)11-19)25(37)34-7-2-21(3-8-34)35-14-26(15-35,4-5-29)36-13-18(12-33-36)23-22-1-6-30-24(22)32-16-31-23/h1,6,9-13,16,21H,2-4,7-8,14-15H2,(H,30,31,32). The minimum Gasteiger partial charge on any atom is -0.346 e. The Hall–Kier alpha value is -3.45. The quantitative estimate of drug-likeness (QED) is 0.407. The molecule has 5 heterocycles. The summed E-state index contributed by atoms with van der Waals surface area (Å²) in [5, 5.41) is 16.1. The lowest BCUT2D eigenvalue weighted by Gasteiger charge is -2.53. The molecule has 2 saturated heterocycles. The van der Waals surface area contributed by atoms with Crippen molar-refractivity contribution in [3.63, 3.8) is 0 Å². The normalized spacial score (nSPS) is 18.0. The Kier molecular flexibility index (Phi) is 6.11. The zero-order chi connectivity index (χ0) is 25.6. The zero-order valence-electron chi connectivity index (χ0n) is 19.9. The van der Waals surface area contributed by atoms with Crippen molar-refractivity contribution < 1.29 is 4.79 Å². The summed E-state index contributed by atoms with van der Waals surface area (Å²) in [4.78, 5) is 29.1. The number of nitrogens with one attached hydrogen (secondary N) is 1. The molecule has 0 saturated carbocycles. The Morgan fingerprint density at radius 1 is 1.16 bits per heavy atom. The average Bonchev–Trinajstić information content (AvgIpc) is 3.55. The van der Waals surface area contributed by atoms with E-state index in [4.69, 9.17) is 23.2 Å². The predicted octanol–water partition coefficient (Wildman–Crippen LogP) is 4.36. The summed E-state index contributed by atoms with van der Waals surface area (Å²) in [5.74, 6) is -0.0457. The molecule has 4 aromatic rings. The predicted molar refractivity (Wildman–Crippen MR) is 140 cm³/mol. The summed E-state index contributed by atoms with van der Waals surface area (Å²) in [6.45, 7) is 2.82. The summed E-state index contributed by atoms with van der Waals surface area (Å²) in [7, 11) is 0. The number of carbonyl (C=O) groups is 1. The van der Waals surface area contributed by atoms with Crippen LogP contribution < -0.4 is 0 Å². The molecule has 11 heteroatoms. The van der Waals surface area contributed by atoms with Gasteiger partial charge in [0, 0.05) is 71.2 Å². The van der Waals surface area contributed by atoms with E-state index in [-0.39, 0.29) is 11.4 Å². The van der Waals surface area contributed by atoms with Crippen LogP contribution in [0.3, 0.4) is 0 Å². The number of likely N-dealkylation sites (tertiary alicyclic amines) is 2. The maximum absolute atomic E-state index is 13.0. The highest BCUT2D eigenvalue weighted by molar-refractivity contribution is 6.35. The van der Waals surface area contributed by atoms with Crippen molar-refractivity contribution >= 4 is 40.1 Å². The molecule has 0 atom stereocenters. The zero-order valence-corrected chi connectivity index (χ0v) is 21.5. The van der Waals surface area contributed by atoms with Gasteiger partial charge in [-0.05, 0) is 37.1 Å². The molecule has 6 rings (SSSR count). The number of aromatic nitrogens is 5. The van der Waals surface area contributed by atoms with Crippen molar-refractivity contribution in [1.82, 2.24) is 34.5 Å². The van der Waals surface area contributed by atoms with Crippen molar-refractivity contribution in [2.24, 2.45) is 0 Å². The summed E-state index contributed by atoms with van der Waals surface area (Å²) in [5.41, 5.74) is 2.64. The lowest BCUT2D eigenvalue weighted by atomic mass is 9.83. The fourth-order valence-corrected chi connectivity index (χ4v) is 6.08. The van der Waals surface area contributed by atoms with Crippen LogP contribution in [0, 0.1) is 11.3 Å². The highest BCUT2D eigenvalue weighted by Gasteiger charge is 2.48. The summed E-state index contributed by atoms with van der Waals surface area (Å²) >= 11 is 12.2. The summed E-state index contributed by atoms with van der Waals surface area (Å²) < 4.78 is 1.93. The van der Waals surface area contributed by atoms with Crippen LogP contribution in [0.25, 0.3) is 22.3 Å². The summed E-state index contributed by atoms with van der Waals surface area (Å²) in [6, 6.07) is 9.62. The van der Waals surface area contributed by atoms with Gasteiger partial charge in [-0.1, -0.05) is 23.2 Å². The van der Waals surface area contributed by atoms with Gasteiger partial charge in [0.05, 0.1) is 24.4 Å². The van der Waals surface area contributed by atoms with Crippen LogP contribution in [-0.2, 0) is 5.54 Å². The van der Waals surface area contributed by atoms with Crippen LogP contribution in [0.2, 0.25) is 10.0 Å². The van der Waals surface area contributed by atoms with Crippen molar-refractivity contribution in [3.8, 4) is 17.3 Å². The van der Waals surface area contributed by atoms with E-state index < -0.39 is 0 Å². The average molecular weight is 535 g/mol. The van der Waals surface area contributed by atoms with Crippen LogP contribution in [0.15, 0.2) is 49.2 Å². The number of halogens is 2. The van der Waals surface area contributed by atoms with Gasteiger partial charge in [0.1, 0.15) is 17.5 Å². The number of nitriles is 1. The Bertz CT molecular complexity index is 1490. The van der Waals surface area contributed by atoms with Crippen molar-refractivity contribution in [2.75, 3.05) is 26.2 Å². The molecule has 0 unspecified atom stereocenters. The van der Waals surface area contributed by atoms with E-state index in [1.807, 2.05) is 34.2 Å². The molecule has 0 bridgehead atoms. The molecule has 3 aromatic heterocycles. The molecule has 2 aliphatic rings. The molecule has 1 amide bonds. The SMILES string of the molecule is N#CCC1(n2cc(-c3ncnc4[nH]ccc34)cn2)CN(C2CCN(C(=O)c3cc(Cl)cc(Cl)c3)CC2)C1. The number of aromatic amines is 1. The van der Waals surface area contributed by atoms with E-state index in [0.717, 1.165) is 48.2 Å². The van der Waals surface area contributed by atoms with Gasteiger partial charge in [0.2, 0.25) is 0 Å². The molecule has 9 nitrogen and oxygen atoms in total. The highest BCUT2D eigenvalue weighted by atomic mass is 35.5. The smallest absolute Gasteiger partial charge is 0.253 e. The van der Waals surface area contributed by atoms with Crippen molar-refractivity contribution in [3.05, 3.63) is 64.8 Å². The molecule has 188 valence electrons. The first-order chi connectivity index (χ1) is 18.0. The number of rotatable bonds is 5. The van der Waals surface area contributed by atoms with Crippen LogP contribution in [0.1, 0.15) is 29.6 Å². The summed E-state index contributed by atoms with van der Waals surface area (Å²) in [6.07, 6.45) is 9.31. The fourth-order valence-electron chi connectivity index (χ4n) is 5.55. The lowest BCUT2D eigenvalue weighted by molar-refractivity contribution is -0.0412. The van der Waals surface area contributed by atoms with Gasteiger partial charge >= 0.3 is 0 Å². The molecule has 1 N–H and O–H groups in total. The molecular formula is C26H24Cl2N8O. The van der Waals surface area contributed by atoms with Crippen LogP contribution in [0.4, 0.5) is 0 Å². The fraction of sp³-hybridized carbons (Fsp3) is 0.346. The van der Waals surface area contributed by atoms with Crippen LogP contribution in [-0.4, -0.2) is 72.7 Å². The Labute approximate surface area is 223 Å². The Morgan fingerprint density at radius 3 is 2.65 bits per heavy atom. The maximum Gasteiger partial charge on any atom is 0.253 e. The van der Waals surface area contributed by atoms with Crippen molar-refractivity contribution in [2.45, 2.75) is 30.8 Å². The topological polar surface area (TPSA) is 107 Å². The van der Waals surface area contributed by atoms with Gasteiger partial charge < -0.3 is 9.88 Å². The molecule has 0 aliphatic carbocycles. The molecule has 1 aromatic carbocycles. The van der Waals surface area contributed by atoms with Crippen LogP contribution >= 0.6 is 23.2 Å². The van der Waals surface area contributed by atoms with E-state index in [1.54, 1.807) is 24.5 Å². The monoisotopic (exact) mass is 534 g/mol. The second-order valence-electron chi connectivity index (χ2n) is 9.78. The minimum absolute atomic E-state index is 0.0457. The number of nitrogens with zero attached hydrogens (tertiary/aromatic N) is 7. The van der Waals surface area contributed by atoms with Crippen molar-refractivity contribution in [1.29, 1.82) is 5.26 Å². The Morgan fingerprint density at radius 2 is 1.92 bits per heavy atom. The molecule has 37 heavy (non-hydrogen) atoms. The second kappa shape index (κ2) is 9.45. The molecular weight excluding hydrogens is 511 g/mol. The molecule has 0 radical (unpaired) electrons. The minimum atomic E-state index is -0.373. The van der Waals surface area contributed by atoms with E-state index in [2.05, 4.69) is 31.0 Å². The van der Waals surface area contributed by atoms with E-state index in [1.165, 1.54) is 0 Å². The first-order valence-electron chi connectivity index (χ1n) is 12.2. The van der Waals surface area contributed by atoms with Gasteiger partial charge in [-0.15, -0.1) is 0 Å². The largest absolute Gasteiger partial charge is 0.346 e. The van der Waals surface area contributed by atoms with Crippen LogP contribution in [0.5, 0.6) is 0 Å². The van der Waals surface area contributed by atoms with Gasteiger partial charge in [-0.2, -0.15) is 10.4 Å². The van der Waals surface area contributed by atoms with E-state index in [0.29, 0.717) is 41.2 Å². The third-order valence-electron chi connectivity index (χ3n) is 7.48. The van der Waals surface area contributed by atoms with Gasteiger partial charge in [0.15, 0.2) is 0 Å². The van der Waals surface area contributed by atoms with Gasteiger partial charge in [0.25, 0.3) is 5.91 Å². The van der Waals surface area contributed by atoms with Gasteiger partial charge in [-0.3, -0.25) is 14.4 Å². The number of hydrogen-bond acceptors (Lipinski definition) is 6. The number of benzene rings is 1. The number of hydrogen-bond donors (Lipinski definition) is 1. The molecule has 0 spiro atoms. The molecule has 2 aliphatic heterocycles. The lowest BCUT2D eigenvalue weighted by Crippen LogP contribution is -2.66. The number of fused-ring (bicyclic) bond motifs is 1. The number of carbonyl (C=O) groups excluding carboxylic acids is 1. The number of amides is 1. The second-order valence-corrected chi connectivity index (χ2v) is 10.7. The number of piperidine rings is 1. The van der Waals surface area contributed by atoms with E-state index >= 15 is 0 Å². The third-order valence-corrected chi connectivity index (χ3v) is 7.91. The third kappa shape index (κ3) is 4.35. The maximum atomic E-state index is 13.0. The highest BCUT2D eigenvalue weighted by Crippen LogP contribution is 2.37. The number of H-pyrrole nitrogens is 1.